The van der Waals surface area contributed by atoms with E-state index in [1.807, 2.05) is 79.3 Å². The Kier molecular flexibility index (Phi) is 6.74. The van der Waals surface area contributed by atoms with Crippen molar-refractivity contribution >= 4 is 5.91 Å². The molecule has 1 heterocycles. The largest absolute Gasteiger partial charge is 0.496 e. The molecule has 1 aromatic heterocycles. The summed E-state index contributed by atoms with van der Waals surface area (Å²) in [5.74, 6) is 1.80. The maximum Gasteiger partial charge on any atom is 0.252 e. The summed E-state index contributed by atoms with van der Waals surface area (Å²) in [5.41, 5.74) is 3.59. The maximum atomic E-state index is 13.3. The molecule has 1 amide bonds. The molecule has 0 aliphatic rings. The molecule has 0 aliphatic carbocycles. The lowest BCUT2D eigenvalue weighted by atomic mass is 10.0. The van der Waals surface area contributed by atoms with E-state index < -0.39 is 6.04 Å². The fourth-order valence-electron chi connectivity index (χ4n) is 3.75. The first-order chi connectivity index (χ1) is 16.0. The predicted molar refractivity (Wildman–Crippen MR) is 127 cm³/mol. The zero-order valence-electron chi connectivity index (χ0n) is 19.0. The molecule has 1 N–H and O–H groups in total. The van der Waals surface area contributed by atoms with Crippen LogP contribution in [0.5, 0.6) is 11.5 Å². The van der Waals surface area contributed by atoms with Crippen molar-refractivity contribution in [1.82, 2.24) is 14.9 Å². The Labute approximate surface area is 193 Å². The third kappa shape index (κ3) is 5.23. The van der Waals surface area contributed by atoms with Crippen LogP contribution in [0, 0.1) is 6.92 Å². The van der Waals surface area contributed by atoms with Crippen LogP contribution in [0.3, 0.4) is 0 Å². The quantitative estimate of drug-likeness (QED) is 0.425. The molecule has 6 heteroatoms. The van der Waals surface area contributed by atoms with E-state index in [1.54, 1.807) is 25.4 Å². The number of rotatable bonds is 8. The molecule has 6 nitrogen and oxygen atoms in total. The highest BCUT2D eigenvalue weighted by Gasteiger charge is 2.24. The number of aryl methyl sites for hydroxylation is 2. The zero-order valence-corrected chi connectivity index (χ0v) is 19.0. The van der Waals surface area contributed by atoms with Crippen molar-refractivity contribution in [2.45, 2.75) is 19.6 Å². The van der Waals surface area contributed by atoms with Crippen LogP contribution in [0.2, 0.25) is 0 Å². The van der Waals surface area contributed by atoms with Crippen LogP contribution in [0.15, 0.2) is 85.2 Å². The Balaban J connectivity index is 1.56. The molecule has 0 radical (unpaired) electrons. The molecular weight excluding hydrogens is 414 g/mol. The molecule has 0 aliphatic heterocycles. The Bertz CT molecular complexity index is 1250. The monoisotopic (exact) mass is 441 g/mol. The molecule has 0 saturated heterocycles. The van der Waals surface area contributed by atoms with Gasteiger partial charge in [-0.15, -0.1) is 0 Å². The SMILES string of the molecule is COc1ccccc1C(NC(=O)c1cccc(OCc2cccc(C)c2)c1)c1nccn1C. The highest BCUT2D eigenvalue weighted by molar-refractivity contribution is 5.95. The molecule has 0 fully saturated rings. The fraction of sp³-hybridized carbons (Fsp3) is 0.185. The second-order valence-corrected chi connectivity index (χ2v) is 7.85. The summed E-state index contributed by atoms with van der Waals surface area (Å²) < 4.78 is 13.4. The van der Waals surface area contributed by atoms with Crippen molar-refractivity contribution in [2.24, 2.45) is 7.05 Å². The van der Waals surface area contributed by atoms with Crippen molar-refractivity contribution in [3.63, 3.8) is 0 Å². The third-order valence-corrected chi connectivity index (χ3v) is 5.43. The van der Waals surface area contributed by atoms with Gasteiger partial charge in [0.15, 0.2) is 0 Å². The number of nitrogens with one attached hydrogen (secondary N) is 1. The van der Waals surface area contributed by atoms with Crippen LogP contribution in [-0.4, -0.2) is 22.6 Å². The number of nitrogens with zero attached hydrogens (tertiary/aromatic N) is 2. The normalized spacial score (nSPS) is 11.6. The standard InChI is InChI=1S/C27H27N3O3/c1-19-8-6-9-20(16-19)18-33-22-11-7-10-21(17-22)27(31)29-25(26-28-14-15-30(26)2)23-12-4-5-13-24(23)32-3/h4-17,25H,18H2,1-3H3,(H,29,31). The summed E-state index contributed by atoms with van der Waals surface area (Å²) in [4.78, 5) is 17.7. The number of carbonyl (C=O) groups is 1. The van der Waals surface area contributed by atoms with E-state index in [2.05, 4.69) is 16.4 Å². The average Bonchev–Trinajstić information content (AvgIpc) is 3.27. The van der Waals surface area contributed by atoms with E-state index in [4.69, 9.17) is 9.47 Å². The summed E-state index contributed by atoms with van der Waals surface area (Å²) in [7, 11) is 3.52. The molecule has 0 saturated carbocycles. The van der Waals surface area contributed by atoms with Crippen LogP contribution < -0.4 is 14.8 Å². The number of hydrogen-bond donors (Lipinski definition) is 1. The van der Waals surface area contributed by atoms with E-state index >= 15 is 0 Å². The third-order valence-electron chi connectivity index (χ3n) is 5.43. The molecular formula is C27H27N3O3. The molecule has 1 atom stereocenters. The number of aromatic nitrogens is 2. The first-order valence-electron chi connectivity index (χ1n) is 10.7. The number of benzene rings is 3. The van der Waals surface area contributed by atoms with E-state index in [1.165, 1.54) is 5.56 Å². The van der Waals surface area contributed by atoms with Gasteiger partial charge in [-0.1, -0.05) is 54.1 Å². The maximum absolute atomic E-state index is 13.3. The number of carbonyl (C=O) groups excluding carboxylic acids is 1. The van der Waals surface area contributed by atoms with E-state index in [0.29, 0.717) is 29.5 Å². The molecule has 4 aromatic rings. The average molecular weight is 442 g/mol. The van der Waals surface area contributed by atoms with Gasteiger partial charge in [-0.05, 0) is 36.8 Å². The van der Waals surface area contributed by atoms with Gasteiger partial charge in [-0.2, -0.15) is 0 Å². The van der Waals surface area contributed by atoms with Crippen molar-refractivity contribution in [3.8, 4) is 11.5 Å². The molecule has 33 heavy (non-hydrogen) atoms. The summed E-state index contributed by atoms with van der Waals surface area (Å²) in [6.45, 7) is 2.48. The van der Waals surface area contributed by atoms with Crippen LogP contribution in [0.1, 0.15) is 38.9 Å². The highest BCUT2D eigenvalue weighted by Crippen LogP contribution is 2.29. The van der Waals surface area contributed by atoms with Gasteiger partial charge in [-0.25, -0.2) is 4.98 Å². The van der Waals surface area contributed by atoms with Crippen LogP contribution in [0.25, 0.3) is 0 Å². The smallest absolute Gasteiger partial charge is 0.252 e. The first kappa shape index (κ1) is 22.1. The topological polar surface area (TPSA) is 65.4 Å². The Morgan fingerprint density at radius 2 is 1.88 bits per heavy atom. The van der Waals surface area contributed by atoms with Gasteiger partial charge in [0.1, 0.15) is 30.0 Å². The number of imidazole rings is 1. The van der Waals surface area contributed by atoms with Crippen LogP contribution in [0.4, 0.5) is 0 Å². The lowest BCUT2D eigenvalue weighted by Crippen LogP contribution is -2.31. The van der Waals surface area contributed by atoms with Crippen molar-refractivity contribution in [3.05, 3.63) is 113 Å². The molecule has 3 aromatic carbocycles. The van der Waals surface area contributed by atoms with Gasteiger partial charge in [0.05, 0.1) is 7.11 Å². The van der Waals surface area contributed by atoms with E-state index in [0.717, 1.165) is 11.1 Å². The lowest BCUT2D eigenvalue weighted by Gasteiger charge is -2.21. The molecule has 0 spiro atoms. The summed E-state index contributed by atoms with van der Waals surface area (Å²) >= 11 is 0. The second-order valence-electron chi connectivity index (χ2n) is 7.85. The molecule has 168 valence electrons. The van der Waals surface area contributed by atoms with Gasteiger partial charge in [0.25, 0.3) is 5.91 Å². The van der Waals surface area contributed by atoms with Crippen molar-refractivity contribution < 1.29 is 14.3 Å². The number of methoxy groups -OCH3 is 1. The minimum Gasteiger partial charge on any atom is -0.496 e. The van der Waals surface area contributed by atoms with Crippen molar-refractivity contribution in [1.29, 1.82) is 0 Å². The first-order valence-corrected chi connectivity index (χ1v) is 10.7. The fourth-order valence-corrected chi connectivity index (χ4v) is 3.75. The van der Waals surface area contributed by atoms with Gasteiger partial charge < -0.3 is 19.4 Å². The van der Waals surface area contributed by atoms with Gasteiger partial charge in [0, 0.05) is 30.6 Å². The number of ether oxygens (including phenoxy) is 2. The molecule has 0 bridgehead atoms. The Morgan fingerprint density at radius 1 is 1.06 bits per heavy atom. The minimum absolute atomic E-state index is 0.227. The van der Waals surface area contributed by atoms with E-state index in [-0.39, 0.29) is 5.91 Å². The summed E-state index contributed by atoms with van der Waals surface area (Å²) in [6.07, 6.45) is 3.56. The summed E-state index contributed by atoms with van der Waals surface area (Å²) in [5, 5.41) is 3.12. The van der Waals surface area contributed by atoms with E-state index in [9.17, 15) is 4.79 Å². The molecule has 4 rings (SSSR count). The summed E-state index contributed by atoms with van der Waals surface area (Å²) in [6, 6.07) is 22.5. The minimum atomic E-state index is -0.481. The molecule has 1 unspecified atom stereocenters. The van der Waals surface area contributed by atoms with Crippen LogP contribution in [-0.2, 0) is 13.7 Å². The second kappa shape index (κ2) is 10.0. The van der Waals surface area contributed by atoms with Gasteiger partial charge >= 0.3 is 0 Å². The van der Waals surface area contributed by atoms with Gasteiger partial charge in [0.2, 0.25) is 0 Å². The van der Waals surface area contributed by atoms with Gasteiger partial charge in [-0.3, -0.25) is 4.79 Å². The lowest BCUT2D eigenvalue weighted by molar-refractivity contribution is 0.0940. The number of hydrogen-bond acceptors (Lipinski definition) is 4. The van der Waals surface area contributed by atoms with Crippen LogP contribution >= 0.6 is 0 Å². The Morgan fingerprint density at radius 3 is 2.64 bits per heavy atom. The highest BCUT2D eigenvalue weighted by atomic mass is 16.5. The number of para-hydroxylation sites is 1. The van der Waals surface area contributed by atoms with Crippen molar-refractivity contribution in [2.75, 3.05) is 7.11 Å². The zero-order chi connectivity index (χ0) is 23.2. The predicted octanol–water partition coefficient (Wildman–Crippen LogP) is 4.84. The Hall–Kier alpha value is -4.06. The number of amides is 1.